The van der Waals surface area contributed by atoms with Crippen LogP contribution in [0.15, 0.2) is 52.8 Å². The molecule has 2 aromatic rings. The molecular weight excluding hydrogens is 254 g/mol. The minimum Gasteiger partial charge on any atom is -0.312 e. The summed E-state index contributed by atoms with van der Waals surface area (Å²) in [6.45, 7) is 6.40. The van der Waals surface area contributed by atoms with E-state index in [1.807, 2.05) is 6.07 Å². The molecule has 0 amide bonds. The smallest absolute Gasteiger partial charge is 0.192 e. The first kappa shape index (κ1) is 14.0. The zero-order chi connectivity index (χ0) is 13.5. The third kappa shape index (κ3) is 5.01. The molecule has 3 nitrogen and oxygen atoms in total. The van der Waals surface area contributed by atoms with Gasteiger partial charge >= 0.3 is 0 Å². The van der Waals surface area contributed by atoms with E-state index in [0.717, 1.165) is 18.2 Å². The second kappa shape index (κ2) is 7.26. The largest absolute Gasteiger partial charge is 0.312 e. The SMILES string of the molecule is CC(C)CNCc1ccc(Sc2ncccn2)cc1. The second-order valence-electron chi connectivity index (χ2n) is 4.80. The average Bonchev–Trinajstić information content (AvgIpc) is 2.42. The van der Waals surface area contributed by atoms with Crippen molar-refractivity contribution in [2.75, 3.05) is 6.54 Å². The summed E-state index contributed by atoms with van der Waals surface area (Å²) in [5, 5.41) is 4.22. The molecule has 1 N–H and O–H groups in total. The van der Waals surface area contributed by atoms with Gasteiger partial charge in [0.2, 0.25) is 0 Å². The first-order valence-electron chi connectivity index (χ1n) is 6.48. The van der Waals surface area contributed by atoms with E-state index in [9.17, 15) is 0 Å². The Morgan fingerprint density at radius 3 is 2.42 bits per heavy atom. The first-order valence-corrected chi connectivity index (χ1v) is 7.30. The van der Waals surface area contributed by atoms with Crippen LogP contribution in [0.4, 0.5) is 0 Å². The number of rotatable bonds is 6. The maximum absolute atomic E-state index is 4.20. The maximum atomic E-state index is 4.20. The molecule has 4 heteroatoms. The van der Waals surface area contributed by atoms with Crippen molar-refractivity contribution in [2.45, 2.75) is 30.4 Å². The number of hydrogen-bond acceptors (Lipinski definition) is 4. The van der Waals surface area contributed by atoms with Gasteiger partial charge in [0.1, 0.15) is 0 Å². The third-order valence-electron chi connectivity index (χ3n) is 2.56. The minimum atomic E-state index is 0.685. The predicted octanol–water partition coefficient (Wildman–Crippen LogP) is 3.37. The van der Waals surface area contributed by atoms with Gasteiger partial charge in [-0.3, -0.25) is 0 Å². The number of benzene rings is 1. The molecule has 1 aromatic heterocycles. The van der Waals surface area contributed by atoms with Crippen LogP contribution in [0.25, 0.3) is 0 Å². The van der Waals surface area contributed by atoms with Crippen molar-refractivity contribution in [3.8, 4) is 0 Å². The van der Waals surface area contributed by atoms with Crippen LogP contribution in [0.2, 0.25) is 0 Å². The van der Waals surface area contributed by atoms with Gasteiger partial charge in [0.25, 0.3) is 0 Å². The Labute approximate surface area is 118 Å². The fourth-order valence-corrected chi connectivity index (χ4v) is 2.33. The van der Waals surface area contributed by atoms with E-state index < -0.39 is 0 Å². The monoisotopic (exact) mass is 273 g/mol. The Balaban J connectivity index is 1.88. The van der Waals surface area contributed by atoms with Crippen molar-refractivity contribution >= 4 is 11.8 Å². The molecule has 0 saturated heterocycles. The highest BCUT2D eigenvalue weighted by atomic mass is 32.2. The molecule has 1 heterocycles. The van der Waals surface area contributed by atoms with Crippen LogP contribution in [0, 0.1) is 5.92 Å². The molecule has 0 aliphatic carbocycles. The highest BCUT2D eigenvalue weighted by Crippen LogP contribution is 2.23. The summed E-state index contributed by atoms with van der Waals surface area (Å²) in [6.07, 6.45) is 3.53. The highest BCUT2D eigenvalue weighted by Gasteiger charge is 2.00. The number of nitrogens with zero attached hydrogens (tertiary/aromatic N) is 2. The van der Waals surface area contributed by atoms with Crippen LogP contribution in [0.1, 0.15) is 19.4 Å². The van der Waals surface area contributed by atoms with E-state index in [0.29, 0.717) is 5.92 Å². The molecule has 0 bridgehead atoms. The predicted molar refractivity (Wildman–Crippen MR) is 79.1 cm³/mol. The molecule has 0 radical (unpaired) electrons. The van der Waals surface area contributed by atoms with Crippen molar-refractivity contribution in [1.82, 2.24) is 15.3 Å². The molecule has 0 aliphatic rings. The van der Waals surface area contributed by atoms with Gasteiger partial charge in [-0.05, 0) is 48.0 Å². The second-order valence-corrected chi connectivity index (χ2v) is 5.84. The molecule has 1 aromatic carbocycles. The minimum absolute atomic E-state index is 0.685. The summed E-state index contributed by atoms with van der Waals surface area (Å²) < 4.78 is 0. The Bertz CT molecular complexity index is 483. The summed E-state index contributed by atoms with van der Waals surface area (Å²) in [4.78, 5) is 9.58. The van der Waals surface area contributed by atoms with Gasteiger partial charge in [0.05, 0.1) is 0 Å². The van der Waals surface area contributed by atoms with E-state index in [4.69, 9.17) is 0 Å². The molecule has 2 rings (SSSR count). The molecule has 19 heavy (non-hydrogen) atoms. The number of aromatic nitrogens is 2. The van der Waals surface area contributed by atoms with Crippen LogP contribution in [0.3, 0.4) is 0 Å². The van der Waals surface area contributed by atoms with Crippen LogP contribution >= 0.6 is 11.8 Å². The summed E-state index contributed by atoms with van der Waals surface area (Å²) in [5.41, 5.74) is 1.30. The fraction of sp³-hybridized carbons (Fsp3) is 0.333. The Hall–Kier alpha value is -1.39. The van der Waals surface area contributed by atoms with Crippen LogP contribution in [-0.4, -0.2) is 16.5 Å². The Morgan fingerprint density at radius 1 is 1.11 bits per heavy atom. The van der Waals surface area contributed by atoms with E-state index >= 15 is 0 Å². The zero-order valence-corrected chi connectivity index (χ0v) is 12.2. The lowest BCUT2D eigenvalue weighted by Gasteiger charge is -2.07. The van der Waals surface area contributed by atoms with E-state index in [1.165, 1.54) is 10.5 Å². The molecule has 0 aliphatic heterocycles. The van der Waals surface area contributed by atoms with Gasteiger partial charge < -0.3 is 5.32 Å². The van der Waals surface area contributed by atoms with Crippen LogP contribution in [0.5, 0.6) is 0 Å². The molecule has 100 valence electrons. The van der Waals surface area contributed by atoms with Crippen molar-refractivity contribution in [2.24, 2.45) is 5.92 Å². The van der Waals surface area contributed by atoms with E-state index in [1.54, 1.807) is 24.2 Å². The standard InChI is InChI=1S/C15H19N3S/c1-12(2)10-16-11-13-4-6-14(7-5-13)19-15-17-8-3-9-18-15/h3-9,12,16H,10-11H2,1-2H3. The summed E-state index contributed by atoms with van der Waals surface area (Å²) in [5.74, 6) is 0.685. The number of nitrogens with one attached hydrogen (secondary N) is 1. The van der Waals surface area contributed by atoms with Crippen molar-refractivity contribution in [3.63, 3.8) is 0 Å². The highest BCUT2D eigenvalue weighted by molar-refractivity contribution is 7.99. The molecule has 0 atom stereocenters. The zero-order valence-electron chi connectivity index (χ0n) is 11.3. The molecule has 0 fully saturated rings. The lowest BCUT2D eigenvalue weighted by Crippen LogP contribution is -2.18. The summed E-state index contributed by atoms with van der Waals surface area (Å²) in [7, 11) is 0. The quantitative estimate of drug-likeness (QED) is 0.819. The molecule has 0 unspecified atom stereocenters. The first-order chi connectivity index (χ1) is 9.24. The number of hydrogen-bond donors (Lipinski definition) is 1. The van der Waals surface area contributed by atoms with Gasteiger partial charge in [0, 0.05) is 23.8 Å². The van der Waals surface area contributed by atoms with Gasteiger partial charge in [-0.25, -0.2) is 9.97 Å². The molecule has 0 spiro atoms. The Kier molecular flexibility index (Phi) is 5.36. The lowest BCUT2D eigenvalue weighted by atomic mass is 10.2. The normalized spacial score (nSPS) is 10.9. The van der Waals surface area contributed by atoms with Crippen molar-refractivity contribution in [1.29, 1.82) is 0 Å². The van der Waals surface area contributed by atoms with Gasteiger partial charge in [-0.15, -0.1) is 0 Å². The van der Waals surface area contributed by atoms with Crippen molar-refractivity contribution < 1.29 is 0 Å². The van der Waals surface area contributed by atoms with Crippen LogP contribution in [-0.2, 0) is 6.54 Å². The van der Waals surface area contributed by atoms with Gasteiger partial charge in [0.15, 0.2) is 5.16 Å². The lowest BCUT2D eigenvalue weighted by molar-refractivity contribution is 0.552. The van der Waals surface area contributed by atoms with E-state index in [-0.39, 0.29) is 0 Å². The summed E-state index contributed by atoms with van der Waals surface area (Å²) >= 11 is 1.58. The van der Waals surface area contributed by atoms with Gasteiger partial charge in [-0.2, -0.15) is 0 Å². The average molecular weight is 273 g/mol. The molecule has 0 saturated carbocycles. The topological polar surface area (TPSA) is 37.8 Å². The van der Waals surface area contributed by atoms with Crippen LogP contribution < -0.4 is 5.32 Å². The molecular formula is C15H19N3S. The van der Waals surface area contributed by atoms with E-state index in [2.05, 4.69) is 53.4 Å². The van der Waals surface area contributed by atoms with Crippen molar-refractivity contribution in [3.05, 3.63) is 48.3 Å². The fourth-order valence-electron chi connectivity index (χ4n) is 1.62. The maximum Gasteiger partial charge on any atom is 0.192 e. The van der Waals surface area contributed by atoms with Gasteiger partial charge in [-0.1, -0.05) is 26.0 Å². The summed E-state index contributed by atoms with van der Waals surface area (Å²) in [6, 6.07) is 10.4. The Morgan fingerprint density at radius 2 is 1.79 bits per heavy atom. The third-order valence-corrected chi connectivity index (χ3v) is 3.46.